The molecule has 1 unspecified atom stereocenters. The monoisotopic (exact) mass is 351 g/mol. The van der Waals surface area contributed by atoms with Gasteiger partial charge >= 0.3 is 5.97 Å². The number of fused-ring (bicyclic) bond motifs is 5. The summed E-state index contributed by atoms with van der Waals surface area (Å²) in [5.74, 6) is -1.09. The lowest BCUT2D eigenvalue weighted by Crippen LogP contribution is -2.29. The van der Waals surface area contributed by atoms with E-state index >= 15 is 0 Å². The summed E-state index contributed by atoms with van der Waals surface area (Å²) in [6, 6.07) is 1.53. The van der Waals surface area contributed by atoms with E-state index in [1.807, 2.05) is 0 Å². The van der Waals surface area contributed by atoms with Crippen LogP contribution in [0.1, 0.15) is 51.1 Å². The first kappa shape index (κ1) is 16.6. The van der Waals surface area contributed by atoms with Crippen molar-refractivity contribution in [1.29, 1.82) is 0 Å². The molecule has 0 saturated carbocycles. The van der Waals surface area contributed by atoms with E-state index in [1.165, 1.54) is 21.8 Å². The topological polar surface area (TPSA) is 76.6 Å². The minimum absolute atomic E-state index is 0.101. The molecule has 6 heteroatoms. The summed E-state index contributed by atoms with van der Waals surface area (Å²) >= 11 is 0. The van der Waals surface area contributed by atoms with Crippen LogP contribution in [0.2, 0.25) is 0 Å². The highest BCUT2D eigenvalue weighted by molar-refractivity contribution is 5.88. The minimum Gasteiger partial charge on any atom is -0.477 e. The van der Waals surface area contributed by atoms with Crippen LogP contribution in [0.25, 0.3) is 17.0 Å². The molecule has 1 aliphatic carbocycles. The molecule has 0 bridgehead atoms. The number of carbonyl (C=O) groups is 1. The predicted molar refractivity (Wildman–Crippen MR) is 99.2 cm³/mol. The van der Waals surface area contributed by atoms with E-state index in [-0.39, 0.29) is 11.5 Å². The fraction of sp³-hybridized carbons (Fsp3) is 0.350. The van der Waals surface area contributed by atoms with Crippen LogP contribution >= 0.6 is 0 Å². The lowest BCUT2D eigenvalue weighted by atomic mass is 9.86. The van der Waals surface area contributed by atoms with Crippen LogP contribution < -0.4 is 5.56 Å². The Hall–Kier alpha value is -2.89. The molecular weight excluding hydrogens is 330 g/mol. The van der Waals surface area contributed by atoms with E-state index in [0.29, 0.717) is 0 Å². The molecule has 0 spiro atoms. The fourth-order valence-electron chi connectivity index (χ4n) is 3.99. The Kier molecular flexibility index (Phi) is 3.38. The third kappa shape index (κ3) is 2.01. The summed E-state index contributed by atoms with van der Waals surface area (Å²) in [5, 5.41) is 9.35. The van der Waals surface area contributed by atoms with E-state index in [1.54, 1.807) is 7.05 Å². The smallest absolute Gasteiger partial charge is 0.341 e. The zero-order valence-corrected chi connectivity index (χ0v) is 15.5. The number of carboxylic acid groups (broad SMARTS) is 1. The Morgan fingerprint density at radius 2 is 1.96 bits per heavy atom. The van der Waals surface area contributed by atoms with Crippen molar-refractivity contribution in [3.63, 3.8) is 0 Å². The van der Waals surface area contributed by atoms with Crippen LogP contribution in [-0.2, 0) is 13.5 Å². The van der Waals surface area contributed by atoms with Crippen LogP contribution in [-0.4, -0.2) is 25.0 Å². The van der Waals surface area contributed by atoms with Crippen molar-refractivity contribution in [2.45, 2.75) is 40.0 Å². The first-order valence-corrected chi connectivity index (χ1v) is 8.67. The largest absolute Gasteiger partial charge is 0.477 e. The molecule has 3 aromatic rings. The molecule has 0 fully saturated rings. The minimum atomic E-state index is -1.19. The van der Waals surface area contributed by atoms with Gasteiger partial charge in [-0.1, -0.05) is 6.92 Å². The van der Waals surface area contributed by atoms with Crippen LogP contribution in [0.15, 0.2) is 17.1 Å². The average Bonchev–Trinajstić information content (AvgIpc) is 2.93. The maximum absolute atomic E-state index is 12.5. The fourth-order valence-corrected chi connectivity index (χ4v) is 3.99. The van der Waals surface area contributed by atoms with Gasteiger partial charge in [0, 0.05) is 13.2 Å². The molecule has 1 N–H and O–H groups in total. The highest BCUT2D eigenvalue weighted by atomic mass is 16.4. The molecule has 26 heavy (non-hydrogen) atoms. The standard InChI is InChI=1S/C20H21N3O3/c1-9-6-15-16(21-18-12(4)11(3)10(2)8-23(15)18)17-13(9)7-14(20(25)26)19(24)22(17)5/h7-9H,6H2,1-5H3,(H,25,26). The number of aryl methyl sites for hydroxylation is 2. The molecular formula is C20H21N3O3. The molecule has 3 heterocycles. The number of imidazole rings is 1. The molecule has 0 aliphatic heterocycles. The maximum atomic E-state index is 12.5. The van der Waals surface area contributed by atoms with Gasteiger partial charge in [-0.25, -0.2) is 9.78 Å². The summed E-state index contributed by atoms with van der Waals surface area (Å²) in [6.45, 7) is 8.30. The van der Waals surface area contributed by atoms with Crippen molar-refractivity contribution >= 4 is 11.6 Å². The lowest BCUT2D eigenvalue weighted by molar-refractivity contribution is 0.0694. The Labute approximate surface area is 150 Å². The van der Waals surface area contributed by atoms with Gasteiger partial charge in [-0.15, -0.1) is 0 Å². The zero-order chi connectivity index (χ0) is 18.9. The summed E-state index contributed by atoms with van der Waals surface area (Å²) in [7, 11) is 1.63. The van der Waals surface area contributed by atoms with Gasteiger partial charge in [0.15, 0.2) is 0 Å². The Bertz CT molecular complexity index is 1170. The summed E-state index contributed by atoms with van der Waals surface area (Å²) in [5.41, 5.74) is 7.19. The second kappa shape index (κ2) is 5.30. The Morgan fingerprint density at radius 3 is 2.62 bits per heavy atom. The number of rotatable bonds is 1. The van der Waals surface area contributed by atoms with Gasteiger partial charge < -0.3 is 14.1 Å². The average molecular weight is 351 g/mol. The van der Waals surface area contributed by atoms with Crippen molar-refractivity contribution in [3.05, 3.63) is 56.1 Å². The van der Waals surface area contributed by atoms with Gasteiger partial charge in [-0.2, -0.15) is 0 Å². The van der Waals surface area contributed by atoms with E-state index in [2.05, 4.69) is 38.3 Å². The molecule has 0 aromatic carbocycles. The van der Waals surface area contributed by atoms with Crippen LogP contribution in [0, 0.1) is 20.8 Å². The van der Waals surface area contributed by atoms with Crippen LogP contribution in [0.3, 0.4) is 0 Å². The van der Waals surface area contributed by atoms with Gasteiger partial charge in [-0.05, 0) is 61.4 Å². The molecule has 1 aliphatic rings. The first-order valence-electron chi connectivity index (χ1n) is 8.67. The van der Waals surface area contributed by atoms with Crippen molar-refractivity contribution in [1.82, 2.24) is 14.0 Å². The molecule has 0 saturated heterocycles. The van der Waals surface area contributed by atoms with Gasteiger partial charge in [0.25, 0.3) is 5.56 Å². The van der Waals surface area contributed by atoms with E-state index in [0.717, 1.165) is 40.3 Å². The molecule has 3 aromatic heterocycles. The molecule has 0 amide bonds. The zero-order valence-electron chi connectivity index (χ0n) is 15.5. The normalized spacial score (nSPS) is 15.8. The molecule has 0 radical (unpaired) electrons. The first-order chi connectivity index (χ1) is 12.2. The SMILES string of the molecule is Cc1cn2c3c(nc2c(C)c1C)-c1c(cc(C(=O)O)c(=O)n1C)C(C)C3. The number of carboxylic acids is 1. The second-order valence-corrected chi connectivity index (χ2v) is 7.30. The quantitative estimate of drug-likeness (QED) is 0.731. The summed E-state index contributed by atoms with van der Waals surface area (Å²) in [4.78, 5) is 28.8. The summed E-state index contributed by atoms with van der Waals surface area (Å²) < 4.78 is 3.57. The van der Waals surface area contributed by atoms with E-state index < -0.39 is 11.5 Å². The van der Waals surface area contributed by atoms with E-state index in [4.69, 9.17) is 4.98 Å². The van der Waals surface area contributed by atoms with Crippen LogP contribution in [0.5, 0.6) is 0 Å². The van der Waals surface area contributed by atoms with Gasteiger partial charge in [-0.3, -0.25) is 4.79 Å². The number of hydrogen-bond acceptors (Lipinski definition) is 3. The van der Waals surface area contributed by atoms with Crippen molar-refractivity contribution in [3.8, 4) is 11.4 Å². The molecule has 4 rings (SSSR count). The summed E-state index contributed by atoms with van der Waals surface area (Å²) in [6.07, 6.45) is 2.85. The molecule has 6 nitrogen and oxygen atoms in total. The Balaban J connectivity index is 2.14. The van der Waals surface area contributed by atoms with Gasteiger partial charge in [0.1, 0.15) is 16.9 Å². The van der Waals surface area contributed by atoms with Gasteiger partial charge in [0.2, 0.25) is 0 Å². The predicted octanol–water partition coefficient (Wildman–Crippen LogP) is 2.98. The number of hydrogen-bond donors (Lipinski definition) is 1. The number of pyridine rings is 2. The maximum Gasteiger partial charge on any atom is 0.341 e. The number of aromatic carboxylic acids is 1. The van der Waals surface area contributed by atoms with Crippen molar-refractivity contribution < 1.29 is 9.90 Å². The third-order valence-corrected chi connectivity index (χ3v) is 5.75. The van der Waals surface area contributed by atoms with E-state index in [9.17, 15) is 14.7 Å². The number of nitrogens with zero attached hydrogens (tertiary/aromatic N) is 3. The Morgan fingerprint density at radius 1 is 1.27 bits per heavy atom. The second-order valence-electron chi connectivity index (χ2n) is 7.30. The van der Waals surface area contributed by atoms with Gasteiger partial charge in [0.05, 0.1) is 11.4 Å². The van der Waals surface area contributed by atoms with Crippen LogP contribution in [0.4, 0.5) is 0 Å². The molecule has 134 valence electrons. The highest BCUT2D eigenvalue weighted by Gasteiger charge is 2.31. The van der Waals surface area contributed by atoms with Crippen molar-refractivity contribution in [2.24, 2.45) is 7.05 Å². The highest BCUT2D eigenvalue weighted by Crippen LogP contribution is 2.39. The lowest BCUT2D eigenvalue weighted by Gasteiger charge is -2.24. The van der Waals surface area contributed by atoms with Crippen molar-refractivity contribution in [2.75, 3.05) is 0 Å². The number of aromatic nitrogens is 3. The third-order valence-electron chi connectivity index (χ3n) is 5.75. The molecule has 1 atom stereocenters.